The van der Waals surface area contributed by atoms with Crippen molar-refractivity contribution < 1.29 is 71.6 Å². The third-order valence-corrected chi connectivity index (χ3v) is 8.92. The maximum atomic E-state index is 12.8. The highest BCUT2D eigenvalue weighted by Gasteiger charge is 2.22. The monoisotopic (exact) mass is 967 g/mol. The molecule has 68 heavy (non-hydrogen) atoms. The lowest BCUT2D eigenvalue weighted by Crippen LogP contribution is -2.41. The third kappa shape index (κ3) is 27.7. The zero-order valence-electron chi connectivity index (χ0n) is 38.6. The molecule has 1 aromatic carbocycles. The first kappa shape index (κ1) is 57.3. The molecule has 1 atom stereocenters. The fourth-order valence-electron chi connectivity index (χ4n) is 5.50. The van der Waals surface area contributed by atoms with Gasteiger partial charge in [0.25, 0.3) is 11.5 Å². The quantitative estimate of drug-likeness (QED) is 0.0339. The van der Waals surface area contributed by atoms with E-state index in [0.29, 0.717) is 157 Å². The number of fused-ring (bicyclic) bond motifs is 1. The van der Waals surface area contributed by atoms with E-state index >= 15 is 0 Å². The highest BCUT2D eigenvalue weighted by molar-refractivity contribution is 5.97. The molecule has 0 saturated carbocycles. The Labute approximate surface area is 394 Å². The molecule has 25 nitrogen and oxygen atoms in total. The molecule has 0 radical (unpaired) electrons. The van der Waals surface area contributed by atoms with Crippen LogP contribution in [-0.4, -0.2) is 207 Å². The molecule has 2 aromatic heterocycles. The number of hydrogen-bond donors (Lipinski definition) is 7. The Morgan fingerprint density at radius 1 is 0.632 bits per heavy atom. The second-order valence-corrected chi connectivity index (χ2v) is 14.2. The minimum absolute atomic E-state index is 0.0517. The Balaban J connectivity index is 1.03. The summed E-state index contributed by atoms with van der Waals surface area (Å²) in [4.78, 5) is 63.7. The van der Waals surface area contributed by atoms with Gasteiger partial charge >= 0.3 is 5.97 Å². The number of aliphatic carboxylic acids is 1. The normalized spacial score (nSPS) is 11.8. The van der Waals surface area contributed by atoms with Crippen molar-refractivity contribution in [1.82, 2.24) is 30.6 Å². The van der Waals surface area contributed by atoms with E-state index in [1.165, 1.54) is 18.3 Å². The Kier molecular flexibility index (Phi) is 31.9. The van der Waals surface area contributed by atoms with Gasteiger partial charge in [0.1, 0.15) is 6.04 Å². The number of nitrogen functional groups attached to an aromatic ring is 1. The molecular formula is C43H69N9O16. The summed E-state index contributed by atoms with van der Waals surface area (Å²) in [7, 11) is 0. The molecular weight excluding hydrogens is 899 g/mol. The highest BCUT2D eigenvalue weighted by Crippen LogP contribution is 2.12. The van der Waals surface area contributed by atoms with Crippen LogP contribution < -0.4 is 33.0 Å². The van der Waals surface area contributed by atoms with Gasteiger partial charge in [0.05, 0.1) is 164 Å². The number of aromatic amines is 1. The summed E-state index contributed by atoms with van der Waals surface area (Å²) >= 11 is 0. The zero-order valence-corrected chi connectivity index (χ0v) is 38.6. The SMILES string of the molecule is NCCOCCOCCOCCOCCOCCOCCOCCOCCOCCOCCOCCNC(=O)CC[C@H](NC(=O)c1ccc(NCc2cnc3nc(N)[nH]c(=O)c3n2)cc1)C(=O)O. The predicted octanol–water partition coefficient (Wildman–Crippen LogP) is -0.872. The summed E-state index contributed by atoms with van der Waals surface area (Å²) in [6, 6.07) is 5.02. The number of carboxylic acids is 1. The van der Waals surface area contributed by atoms with Gasteiger partial charge in [0.15, 0.2) is 11.2 Å². The minimum atomic E-state index is -1.28. The van der Waals surface area contributed by atoms with Crippen molar-refractivity contribution in [1.29, 1.82) is 0 Å². The first-order valence-corrected chi connectivity index (χ1v) is 22.5. The van der Waals surface area contributed by atoms with Crippen LogP contribution in [-0.2, 0) is 68.2 Å². The van der Waals surface area contributed by atoms with Crippen molar-refractivity contribution in [3.63, 3.8) is 0 Å². The number of benzene rings is 1. The van der Waals surface area contributed by atoms with Crippen LogP contribution in [0.25, 0.3) is 11.2 Å². The molecule has 3 aromatic rings. The zero-order chi connectivity index (χ0) is 48.7. The number of nitrogens with one attached hydrogen (secondary N) is 4. The van der Waals surface area contributed by atoms with E-state index < -0.39 is 23.5 Å². The number of amides is 2. The minimum Gasteiger partial charge on any atom is -0.480 e. The molecule has 0 saturated heterocycles. The van der Waals surface area contributed by atoms with Gasteiger partial charge in [-0.15, -0.1) is 0 Å². The van der Waals surface area contributed by atoms with E-state index in [4.69, 9.17) is 63.6 Å². The molecule has 0 aliphatic rings. The predicted molar refractivity (Wildman–Crippen MR) is 245 cm³/mol. The fraction of sp³-hybridized carbons (Fsp3) is 0.651. The lowest BCUT2D eigenvalue weighted by atomic mass is 10.1. The van der Waals surface area contributed by atoms with E-state index in [0.717, 1.165) is 0 Å². The molecule has 0 unspecified atom stereocenters. The summed E-state index contributed by atoms with van der Waals surface area (Å²) in [5.74, 6) is -2.32. The first-order valence-electron chi connectivity index (χ1n) is 22.5. The molecule has 0 fully saturated rings. The number of hydrogen-bond acceptors (Lipinski definition) is 21. The van der Waals surface area contributed by atoms with Crippen LogP contribution in [0.3, 0.4) is 0 Å². The van der Waals surface area contributed by atoms with Crippen LogP contribution in [0, 0.1) is 0 Å². The van der Waals surface area contributed by atoms with Crippen LogP contribution >= 0.6 is 0 Å². The van der Waals surface area contributed by atoms with Gasteiger partial charge in [0.2, 0.25) is 11.9 Å². The number of anilines is 2. The third-order valence-electron chi connectivity index (χ3n) is 8.92. The maximum Gasteiger partial charge on any atom is 0.326 e. The number of rotatable bonds is 44. The number of nitrogens with two attached hydrogens (primary N) is 2. The molecule has 2 amide bonds. The van der Waals surface area contributed by atoms with Gasteiger partial charge in [-0.1, -0.05) is 0 Å². The highest BCUT2D eigenvalue weighted by atomic mass is 16.6. The Bertz CT molecular complexity index is 1860. The standard InChI is InChI=1S/C43H69N9O16/c44-7-9-58-11-13-60-15-17-62-19-21-64-23-25-66-27-29-68-30-28-67-26-24-65-22-20-63-18-16-61-14-12-59-10-8-46-37(53)6-5-36(42(56)57)50-40(54)33-1-3-34(4-2-33)47-31-35-32-48-39-38(49-35)41(55)52-43(45)51-39/h1-4,32,36,47H,5-31,44H2,(H,46,53)(H,50,54)(H,56,57)(H3,45,48,51,52,55)/t36-/m0/s1. The van der Waals surface area contributed by atoms with E-state index in [2.05, 4.69) is 35.9 Å². The number of ether oxygens (including phenoxy) is 11. The fourth-order valence-corrected chi connectivity index (χ4v) is 5.50. The van der Waals surface area contributed by atoms with Crippen LogP contribution in [0.15, 0.2) is 35.3 Å². The molecule has 0 spiro atoms. The number of aromatic nitrogens is 4. The summed E-state index contributed by atoms with van der Waals surface area (Å²) in [5, 5.41) is 17.9. The Hall–Kier alpha value is -5.03. The van der Waals surface area contributed by atoms with Crippen molar-refractivity contribution in [2.45, 2.75) is 25.4 Å². The number of carbonyl (C=O) groups is 3. The van der Waals surface area contributed by atoms with Gasteiger partial charge in [-0.2, -0.15) is 4.98 Å². The lowest BCUT2D eigenvalue weighted by molar-refractivity contribution is -0.139. The summed E-state index contributed by atoms with van der Waals surface area (Å²) in [5.41, 5.74) is 11.9. The van der Waals surface area contributed by atoms with Crippen molar-refractivity contribution in [3.05, 3.63) is 52.1 Å². The second kappa shape index (κ2) is 37.9. The molecule has 2 heterocycles. The Morgan fingerprint density at radius 3 is 1.51 bits per heavy atom. The van der Waals surface area contributed by atoms with Crippen molar-refractivity contribution in [2.24, 2.45) is 5.73 Å². The molecule has 0 aliphatic carbocycles. The molecule has 3 rings (SSSR count). The molecule has 25 heteroatoms. The molecule has 0 aliphatic heterocycles. The van der Waals surface area contributed by atoms with E-state index in [9.17, 15) is 24.3 Å². The van der Waals surface area contributed by atoms with Crippen LogP contribution in [0.4, 0.5) is 11.6 Å². The second-order valence-electron chi connectivity index (χ2n) is 14.2. The van der Waals surface area contributed by atoms with Crippen molar-refractivity contribution in [2.75, 3.05) is 169 Å². The van der Waals surface area contributed by atoms with Crippen LogP contribution in [0.2, 0.25) is 0 Å². The molecule has 0 bridgehead atoms. The number of carboxylic acid groups (broad SMARTS) is 1. The Morgan fingerprint density at radius 2 is 1.07 bits per heavy atom. The van der Waals surface area contributed by atoms with Gasteiger partial charge < -0.3 is 84.6 Å². The molecule has 382 valence electrons. The average Bonchev–Trinajstić information content (AvgIpc) is 3.33. The van der Waals surface area contributed by atoms with E-state index in [1.807, 2.05) is 0 Å². The van der Waals surface area contributed by atoms with Gasteiger partial charge in [0, 0.05) is 30.8 Å². The largest absolute Gasteiger partial charge is 0.480 e. The van der Waals surface area contributed by atoms with Crippen molar-refractivity contribution >= 4 is 40.6 Å². The van der Waals surface area contributed by atoms with Gasteiger partial charge in [-0.05, 0) is 30.7 Å². The van der Waals surface area contributed by atoms with Crippen LogP contribution in [0.5, 0.6) is 0 Å². The van der Waals surface area contributed by atoms with Crippen LogP contribution in [0.1, 0.15) is 28.9 Å². The maximum absolute atomic E-state index is 12.8. The van der Waals surface area contributed by atoms with E-state index in [1.54, 1.807) is 12.1 Å². The topological polar surface area (TPSA) is 333 Å². The number of carbonyl (C=O) groups excluding carboxylic acids is 2. The average molecular weight is 968 g/mol. The first-order chi connectivity index (χ1) is 33.3. The summed E-state index contributed by atoms with van der Waals surface area (Å²) < 4.78 is 59.8. The van der Waals surface area contributed by atoms with Crippen molar-refractivity contribution in [3.8, 4) is 0 Å². The summed E-state index contributed by atoms with van der Waals surface area (Å²) in [6.07, 6.45) is 1.23. The lowest BCUT2D eigenvalue weighted by Gasteiger charge is -2.15. The van der Waals surface area contributed by atoms with E-state index in [-0.39, 0.29) is 61.1 Å². The van der Waals surface area contributed by atoms with Gasteiger partial charge in [-0.25, -0.2) is 14.8 Å². The number of H-pyrrole nitrogens is 1. The summed E-state index contributed by atoms with van der Waals surface area (Å²) in [6.45, 7) is 10.8. The number of nitrogens with zero attached hydrogens (tertiary/aromatic N) is 3. The smallest absolute Gasteiger partial charge is 0.326 e. The molecule has 9 N–H and O–H groups in total. The van der Waals surface area contributed by atoms with Gasteiger partial charge in [-0.3, -0.25) is 19.4 Å².